The summed E-state index contributed by atoms with van der Waals surface area (Å²) in [6, 6.07) is 12.2. The van der Waals surface area contributed by atoms with Crippen LogP contribution in [0.15, 0.2) is 42.5 Å². The van der Waals surface area contributed by atoms with Gasteiger partial charge >= 0.3 is 0 Å². The van der Waals surface area contributed by atoms with Crippen molar-refractivity contribution in [2.75, 3.05) is 5.73 Å². The molecule has 2 aromatic carbocycles. The SMILES string of the molecule is Nc1ccc(-c2nc3ccc(C(=O)[O-])cc3s2)cc1. The predicted molar refractivity (Wildman–Crippen MR) is 73.8 cm³/mol. The normalized spacial score (nSPS) is 10.7. The third-order valence-corrected chi connectivity index (χ3v) is 3.85. The monoisotopic (exact) mass is 269 g/mol. The van der Waals surface area contributed by atoms with Crippen LogP contribution in [0.1, 0.15) is 10.4 Å². The molecule has 2 N–H and O–H groups in total. The van der Waals surface area contributed by atoms with Gasteiger partial charge in [-0.1, -0.05) is 6.07 Å². The molecule has 0 unspecified atom stereocenters. The Kier molecular flexibility index (Phi) is 2.68. The van der Waals surface area contributed by atoms with Gasteiger partial charge in [0.1, 0.15) is 5.01 Å². The number of hydrogen-bond donors (Lipinski definition) is 1. The molecule has 0 atom stereocenters. The highest BCUT2D eigenvalue weighted by atomic mass is 32.1. The van der Waals surface area contributed by atoms with Gasteiger partial charge in [0, 0.05) is 11.3 Å². The fourth-order valence-corrected chi connectivity index (χ4v) is 2.81. The Morgan fingerprint density at radius 1 is 1.16 bits per heavy atom. The van der Waals surface area contributed by atoms with Gasteiger partial charge in [-0.15, -0.1) is 11.3 Å². The van der Waals surface area contributed by atoms with Crippen molar-refractivity contribution >= 4 is 33.2 Å². The number of anilines is 1. The number of carbonyl (C=O) groups is 1. The molecule has 5 heteroatoms. The van der Waals surface area contributed by atoms with E-state index in [1.165, 1.54) is 17.4 Å². The number of nitrogens with two attached hydrogens (primary N) is 1. The quantitative estimate of drug-likeness (QED) is 0.721. The number of fused-ring (bicyclic) bond motifs is 1. The van der Waals surface area contributed by atoms with E-state index in [2.05, 4.69) is 4.98 Å². The third kappa shape index (κ3) is 2.15. The molecule has 94 valence electrons. The van der Waals surface area contributed by atoms with Crippen LogP contribution in [0.4, 0.5) is 5.69 Å². The van der Waals surface area contributed by atoms with Crippen LogP contribution in [0.5, 0.6) is 0 Å². The standard InChI is InChI=1S/C14H10N2O2S/c15-10-4-1-8(2-5-10)13-16-11-6-3-9(14(17)18)7-12(11)19-13/h1-7H,15H2,(H,17,18)/p-1. The second kappa shape index (κ2) is 4.37. The summed E-state index contributed by atoms with van der Waals surface area (Å²) in [5, 5.41) is 11.7. The lowest BCUT2D eigenvalue weighted by Crippen LogP contribution is -2.21. The highest BCUT2D eigenvalue weighted by Crippen LogP contribution is 2.30. The minimum absolute atomic E-state index is 0.167. The largest absolute Gasteiger partial charge is 0.545 e. The van der Waals surface area contributed by atoms with Crippen molar-refractivity contribution in [3.05, 3.63) is 48.0 Å². The molecule has 0 aliphatic heterocycles. The van der Waals surface area contributed by atoms with Crippen LogP contribution in [0.25, 0.3) is 20.8 Å². The van der Waals surface area contributed by atoms with E-state index in [4.69, 9.17) is 5.73 Å². The highest BCUT2D eigenvalue weighted by Gasteiger charge is 2.07. The summed E-state index contributed by atoms with van der Waals surface area (Å²) in [5.41, 5.74) is 8.25. The molecule has 1 heterocycles. The van der Waals surface area contributed by atoms with Crippen LogP contribution in [-0.4, -0.2) is 11.0 Å². The Balaban J connectivity index is 2.11. The lowest BCUT2D eigenvalue weighted by molar-refractivity contribution is -0.255. The summed E-state index contributed by atoms with van der Waals surface area (Å²) >= 11 is 1.44. The molecule has 0 saturated carbocycles. The molecule has 1 aromatic heterocycles. The molecule has 0 spiro atoms. The van der Waals surface area contributed by atoms with Crippen LogP contribution < -0.4 is 10.8 Å². The Labute approximate surface area is 113 Å². The number of thiazole rings is 1. The summed E-state index contributed by atoms with van der Waals surface area (Å²) in [6.07, 6.45) is 0. The maximum absolute atomic E-state index is 10.8. The molecule has 0 bridgehead atoms. The Morgan fingerprint density at radius 3 is 2.58 bits per heavy atom. The average molecular weight is 269 g/mol. The summed E-state index contributed by atoms with van der Waals surface area (Å²) in [7, 11) is 0. The van der Waals surface area contributed by atoms with Crippen LogP contribution in [-0.2, 0) is 0 Å². The molecule has 0 fully saturated rings. The van der Waals surface area contributed by atoms with Crippen LogP contribution in [0.3, 0.4) is 0 Å². The second-order valence-corrected chi connectivity index (χ2v) is 5.14. The maximum Gasteiger partial charge on any atom is 0.124 e. The lowest BCUT2D eigenvalue weighted by atomic mass is 10.2. The zero-order valence-corrected chi connectivity index (χ0v) is 10.6. The van der Waals surface area contributed by atoms with Crippen molar-refractivity contribution in [3.8, 4) is 10.6 Å². The van der Waals surface area contributed by atoms with Crippen LogP contribution in [0, 0.1) is 0 Å². The highest BCUT2D eigenvalue weighted by molar-refractivity contribution is 7.21. The second-order valence-electron chi connectivity index (χ2n) is 4.11. The topological polar surface area (TPSA) is 79.0 Å². The summed E-state index contributed by atoms with van der Waals surface area (Å²) in [4.78, 5) is 15.3. The minimum Gasteiger partial charge on any atom is -0.545 e. The van der Waals surface area contributed by atoms with Crippen molar-refractivity contribution in [1.82, 2.24) is 4.98 Å². The van der Waals surface area contributed by atoms with Crippen molar-refractivity contribution < 1.29 is 9.90 Å². The number of aromatic nitrogens is 1. The summed E-state index contributed by atoms with van der Waals surface area (Å²) < 4.78 is 0.827. The molecule has 0 aliphatic rings. The molecule has 0 radical (unpaired) electrons. The van der Waals surface area contributed by atoms with Crippen molar-refractivity contribution in [3.63, 3.8) is 0 Å². The Morgan fingerprint density at radius 2 is 1.89 bits per heavy atom. The molecule has 0 aliphatic carbocycles. The smallest absolute Gasteiger partial charge is 0.124 e. The zero-order chi connectivity index (χ0) is 13.4. The van der Waals surface area contributed by atoms with E-state index in [0.29, 0.717) is 5.69 Å². The van der Waals surface area contributed by atoms with Gasteiger partial charge in [0.2, 0.25) is 0 Å². The van der Waals surface area contributed by atoms with E-state index < -0.39 is 5.97 Å². The van der Waals surface area contributed by atoms with Gasteiger partial charge in [-0.3, -0.25) is 0 Å². The Bertz CT molecular complexity index is 763. The van der Waals surface area contributed by atoms with Crippen LogP contribution in [0.2, 0.25) is 0 Å². The van der Waals surface area contributed by atoms with E-state index in [-0.39, 0.29) is 5.56 Å². The van der Waals surface area contributed by atoms with Gasteiger partial charge in [-0.2, -0.15) is 0 Å². The zero-order valence-electron chi connectivity index (χ0n) is 9.79. The molecular weight excluding hydrogens is 260 g/mol. The van der Waals surface area contributed by atoms with E-state index in [1.54, 1.807) is 12.1 Å². The number of nitrogens with zero attached hydrogens (tertiary/aromatic N) is 1. The molecule has 19 heavy (non-hydrogen) atoms. The molecule has 4 nitrogen and oxygen atoms in total. The molecule has 3 aromatic rings. The molecule has 0 amide bonds. The number of carbonyl (C=O) groups excluding carboxylic acids is 1. The molecular formula is C14H9N2O2S-. The lowest BCUT2D eigenvalue weighted by Gasteiger charge is -1.99. The number of carboxylic acids is 1. The van der Waals surface area contributed by atoms with Gasteiger partial charge in [-0.05, 0) is 42.0 Å². The van der Waals surface area contributed by atoms with Gasteiger partial charge in [0.25, 0.3) is 0 Å². The minimum atomic E-state index is -1.18. The number of nitrogen functional groups attached to an aromatic ring is 1. The van der Waals surface area contributed by atoms with E-state index >= 15 is 0 Å². The first-order chi connectivity index (χ1) is 9.13. The van der Waals surface area contributed by atoms with E-state index in [9.17, 15) is 9.90 Å². The first-order valence-electron chi connectivity index (χ1n) is 5.61. The van der Waals surface area contributed by atoms with Crippen molar-refractivity contribution in [2.24, 2.45) is 0 Å². The fourth-order valence-electron chi connectivity index (χ4n) is 1.80. The van der Waals surface area contributed by atoms with Gasteiger partial charge in [-0.25, -0.2) is 4.98 Å². The number of carboxylic acid groups (broad SMARTS) is 1. The molecule has 0 saturated heterocycles. The third-order valence-electron chi connectivity index (χ3n) is 2.78. The van der Waals surface area contributed by atoms with E-state index in [1.807, 2.05) is 24.3 Å². The maximum atomic E-state index is 10.8. The number of aromatic carboxylic acids is 1. The summed E-state index contributed by atoms with van der Waals surface area (Å²) in [5.74, 6) is -1.18. The van der Waals surface area contributed by atoms with Gasteiger partial charge < -0.3 is 15.6 Å². The predicted octanol–water partition coefficient (Wildman–Crippen LogP) is 1.91. The summed E-state index contributed by atoms with van der Waals surface area (Å²) in [6.45, 7) is 0. The number of benzene rings is 2. The first kappa shape index (κ1) is 11.7. The fraction of sp³-hybridized carbons (Fsp3) is 0. The van der Waals surface area contributed by atoms with Crippen molar-refractivity contribution in [2.45, 2.75) is 0 Å². The van der Waals surface area contributed by atoms with Gasteiger partial charge in [0.05, 0.1) is 16.2 Å². The van der Waals surface area contributed by atoms with E-state index in [0.717, 1.165) is 20.8 Å². The molecule has 3 rings (SSSR count). The van der Waals surface area contributed by atoms with Gasteiger partial charge in [0.15, 0.2) is 0 Å². The first-order valence-corrected chi connectivity index (χ1v) is 6.43. The number of rotatable bonds is 2. The van der Waals surface area contributed by atoms with Crippen LogP contribution >= 0.6 is 11.3 Å². The Hall–Kier alpha value is -2.40. The average Bonchev–Trinajstić information content (AvgIpc) is 2.82. The number of hydrogen-bond acceptors (Lipinski definition) is 5. The van der Waals surface area contributed by atoms with Crippen molar-refractivity contribution in [1.29, 1.82) is 0 Å².